The first kappa shape index (κ1) is 27.4. The number of hydrogen-bond donors (Lipinski definition) is 0. The molecule has 0 aliphatic rings. The average Bonchev–Trinajstić information content (AvgIpc) is 3.47. The summed E-state index contributed by atoms with van der Waals surface area (Å²) in [6, 6.07) is 62.9. The third-order valence-corrected chi connectivity index (χ3v) is 8.77. The van der Waals surface area contributed by atoms with Gasteiger partial charge in [-0.2, -0.15) is 0 Å². The van der Waals surface area contributed by atoms with E-state index in [1.54, 1.807) is 0 Å². The largest absolute Gasteiger partial charge is 0.310 e. The lowest BCUT2D eigenvalue weighted by Gasteiger charge is -2.26. The number of anilines is 3. The maximum Gasteiger partial charge on any atom is 0.0542 e. The molecule has 8 aromatic rings. The van der Waals surface area contributed by atoms with Gasteiger partial charge in [0, 0.05) is 33.5 Å². The second kappa shape index (κ2) is 11.8. The third kappa shape index (κ3) is 4.96. The quantitative estimate of drug-likeness (QED) is 0.180. The smallest absolute Gasteiger partial charge is 0.0542 e. The van der Waals surface area contributed by atoms with E-state index in [-0.39, 0.29) is 0 Å². The fourth-order valence-electron chi connectivity index (χ4n) is 6.45. The Kier molecular flexibility index (Phi) is 7.01. The molecule has 0 unspecified atom stereocenters. The molecular formula is C44H32N2. The Morgan fingerprint density at radius 3 is 1.59 bits per heavy atom. The first-order valence-corrected chi connectivity index (χ1v) is 15.6. The Morgan fingerprint density at radius 2 is 0.913 bits per heavy atom. The van der Waals surface area contributed by atoms with Gasteiger partial charge in [-0.05, 0) is 88.5 Å². The Labute approximate surface area is 269 Å². The van der Waals surface area contributed by atoms with Crippen molar-refractivity contribution in [3.05, 3.63) is 188 Å². The van der Waals surface area contributed by atoms with E-state index < -0.39 is 0 Å². The summed E-state index contributed by atoms with van der Waals surface area (Å²) in [7, 11) is 0. The topological polar surface area (TPSA) is 8.17 Å². The highest BCUT2D eigenvalue weighted by molar-refractivity contribution is 6.10. The lowest BCUT2D eigenvalue weighted by Crippen LogP contribution is -2.09. The van der Waals surface area contributed by atoms with Gasteiger partial charge in [0.2, 0.25) is 0 Å². The van der Waals surface area contributed by atoms with E-state index in [0.717, 1.165) is 28.3 Å². The maximum atomic E-state index is 3.88. The SMILES string of the molecule is C=Cc1ccc(-c2ccc(-n3c4ccccc4c4cc(N(c5ccccc5)c5ccc(-c6ccccc6)cc5)ccc43)cc2)cc1. The minimum Gasteiger partial charge on any atom is -0.310 e. The molecule has 0 fully saturated rings. The minimum absolute atomic E-state index is 1.12. The number of nitrogens with zero attached hydrogens (tertiary/aromatic N) is 2. The van der Waals surface area contributed by atoms with Crippen molar-refractivity contribution in [1.29, 1.82) is 0 Å². The Hall–Kier alpha value is -6.12. The predicted octanol–water partition coefficient (Wildman–Crippen LogP) is 12.2. The molecule has 2 nitrogen and oxygen atoms in total. The highest BCUT2D eigenvalue weighted by atomic mass is 15.1. The summed E-state index contributed by atoms with van der Waals surface area (Å²) in [6.07, 6.45) is 1.88. The molecule has 8 rings (SSSR count). The van der Waals surface area contributed by atoms with E-state index in [1.807, 2.05) is 6.08 Å². The first-order valence-electron chi connectivity index (χ1n) is 15.6. The molecule has 2 heteroatoms. The Morgan fingerprint density at radius 1 is 0.413 bits per heavy atom. The van der Waals surface area contributed by atoms with Crippen molar-refractivity contribution in [3.8, 4) is 27.9 Å². The van der Waals surface area contributed by atoms with Crippen LogP contribution in [0.15, 0.2) is 183 Å². The van der Waals surface area contributed by atoms with E-state index in [1.165, 1.54) is 44.1 Å². The summed E-state index contributed by atoms with van der Waals surface area (Å²) in [5.74, 6) is 0. The molecule has 0 aliphatic carbocycles. The minimum atomic E-state index is 1.12. The van der Waals surface area contributed by atoms with E-state index in [0.29, 0.717) is 0 Å². The van der Waals surface area contributed by atoms with Crippen molar-refractivity contribution < 1.29 is 0 Å². The molecule has 0 radical (unpaired) electrons. The molecule has 218 valence electrons. The molecule has 0 saturated heterocycles. The number of benzene rings is 7. The second-order valence-corrected chi connectivity index (χ2v) is 11.5. The zero-order chi connectivity index (χ0) is 30.9. The van der Waals surface area contributed by atoms with Crippen molar-refractivity contribution in [2.45, 2.75) is 0 Å². The fraction of sp³-hybridized carbons (Fsp3) is 0. The van der Waals surface area contributed by atoms with Crippen LogP contribution in [0.1, 0.15) is 5.56 Å². The fourth-order valence-corrected chi connectivity index (χ4v) is 6.45. The van der Waals surface area contributed by atoms with Crippen LogP contribution in [0.2, 0.25) is 0 Å². The molecule has 0 bridgehead atoms. The molecule has 0 N–H and O–H groups in total. The van der Waals surface area contributed by atoms with Crippen molar-refractivity contribution in [2.24, 2.45) is 0 Å². The number of para-hydroxylation sites is 2. The number of hydrogen-bond acceptors (Lipinski definition) is 1. The summed E-state index contributed by atoms with van der Waals surface area (Å²) < 4.78 is 2.38. The zero-order valence-corrected chi connectivity index (χ0v) is 25.4. The normalized spacial score (nSPS) is 11.1. The second-order valence-electron chi connectivity index (χ2n) is 11.5. The van der Waals surface area contributed by atoms with Gasteiger partial charge >= 0.3 is 0 Å². The van der Waals surface area contributed by atoms with Gasteiger partial charge in [-0.3, -0.25) is 0 Å². The molecule has 0 atom stereocenters. The first-order chi connectivity index (χ1) is 22.8. The Balaban J connectivity index is 1.23. The molecule has 1 heterocycles. The predicted molar refractivity (Wildman–Crippen MR) is 196 cm³/mol. The van der Waals surface area contributed by atoms with Crippen LogP contribution in [0.3, 0.4) is 0 Å². The standard InChI is InChI=1S/C44H32N2/c1-2-32-17-19-34(20-18-32)36-23-27-39(28-24-36)46-43-16-10-9-15-41(43)42-31-40(29-30-44(42)46)45(37-13-7-4-8-14-37)38-25-21-35(22-26-38)33-11-5-3-6-12-33/h2-31H,1H2. The lowest BCUT2D eigenvalue weighted by atomic mass is 10.0. The van der Waals surface area contributed by atoms with Gasteiger partial charge in [-0.25, -0.2) is 0 Å². The summed E-state index contributed by atoms with van der Waals surface area (Å²) in [5, 5.41) is 2.45. The highest BCUT2D eigenvalue weighted by Gasteiger charge is 2.17. The van der Waals surface area contributed by atoms with Gasteiger partial charge < -0.3 is 9.47 Å². The molecular weight excluding hydrogens is 556 g/mol. The lowest BCUT2D eigenvalue weighted by molar-refractivity contribution is 1.18. The van der Waals surface area contributed by atoms with Crippen molar-refractivity contribution in [1.82, 2.24) is 4.57 Å². The summed E-state index contributed by atoms with van der Waals surface area (Å²) >= 11 is 0. The van der Waals surface area contributed by atoms with Crippen LogP contribution in [-0.4, -0.2) is 4.57 Å². The van der Waals surface area contributed by atoms with Crippen LogP contribution in [0.4, 0.5) is 17.1 Å². The highest BCUT2D eigenvalue weighted by Crippen LogP contribution is 2.40. The van der Waals surface area contributed by atoms with Crippen LogP contribution < -0.4 is 4.90 Å². The molecule has 46 heavy (non-hydrogen) atoms. The van der Waals surface area contributed by atoms with Crippen molar-refractivity contribution in [3.63, 3.8) is 0 Å². The number of fused-ring (bicyclic) bond motifs is 3. The van der Waals surface area contributed by atoms with Gasteiger partial charge in [0.15, 0.2) is 0 Å². The third-order valence-electron chi connectivity index (χ3n) is 8.77. The monoisotopic (exact) mass is 588 g/mol. The summed E-state index contributed by atoms with van der Waals surface area (Å²) in [5.41, 5.74) is 12.8. The van der Waals surface area contributed by atoms with E-state index in [2.05, 4.69) is 192 Å². The average molecular weight is 589 g/mol. The van der Waals surface area contributed by atoms with Crippen molar-refractivity contribution in [2.75, 3.05) is 4.90 Å². The van der Waals surface area contributed by atoms with E-state index in [9.17, 15) is 0 Å². The number of aromatic nitrogens is 1. The molecule has 0 amide bonds. The van der Waals surface area contributed by atoms with Crippen LogP contribution >= 0.6 is 0 Å². The van der Waals surface area contributed by atoms with Gasteiger partial charge in [0.25, 0.3) is 0 Å². The van der Waals surface area contributed by atoms with Gasteiger partial charge in [0.05, 0.1) is 11.0 Å². The van der Waals surface area contributed by atoms with Crippen LogP contribution in [-0.2, 0) is 0 Å². The summed E-state index contributed by atoms with van der Waals surface area (Å²) in [4.78, 5) is 2.34. The number of rotatable bonds is 7. The van der Waals surface area contributed by atoms with E-state index >= 15 is 0 Å². The zero-order valence-electron chi connectivity index (χ0n) is 25.4. The summed E-state index contributed by atoms with van der Waals surface area (Å²) in [6.45, 7) is 3.88. The van der Waals surface area contributed by atoms with E-state index in [4.69, 9.17) is 0 Å². The molecule has 7 aromatic carbocycles. The van der Waals surface area contributed by atoms with Crippen LogP contribution in [0.25, 0.3) is 55.8 Å². The van der Waals surface area contributed by atoms with Gasteiger partial charge in [-0.15, -0.1) is 0 Å². The van der Waals surface area contributed by atoms with Crippen LogP contribution in [0, 0.1) is 0 Å². The molecule has 0 spiro atoms. The van der Waals surface area contributed by atoms with Gasteiger partial charge in [-0.1, -0.05) is 128 Å². The molecule has 0 saturated carbocycles. The van der Waals surface area contributed by atoms with Crippen molar-refractivity contribution >= 4 is 44.9 Å². The maximum absolute atomic E-state index is 3.88. The Bertz CT molecular complexity index is 2280. The van der Waals surface area contributed by atoms with Gasteiger partial charge in [0.1, 0.15) is 0 Å². The van der Waals surface area contributed by atoms with Crippen LogP contribution in [0.5, 0.6) is 0 Å². The molecule has 1 aromatic heterocycles. The molecule has 0 aliphatic heterocycles.